The van der Waals surface area contributed by atoms with E-state index in [1.165, 1.54) is 76.7 Å². The topological polar surface area (TPSA) is 75.6 Å². The fourth-order valence-corrected chi connectivity index (χ4v) is 3.80. The zero-order valence-corrected chi connectivity index (χ0v) is 19.9. The van der Waals surface area contributed by atoms with Gasteiger partial charge >= 0.3 is 12.1 Å². The predicted molar refractivity (Wildman–Crippen MR) is 131 cm³/mol. The van der Waals surface area contributed by atoms with Gasteiger partial charge in [-0.15, -0.1) is 0 Å². The van der Waals surface area contributed by atoms with Gasteiger partial charge in [0.1, 0.15) is 7.85 Å². The Bertz CT molecular complexity index is 650. The number of carbonyl (C=O) groups excluding carboxylic acids is 1. The molecular formula is C25H42BNO4. The Morgan fingerprint density at radius 3 is 2.16 bits per heavy atom. The first-order valence-electron chi connectivity index (χ1n) is 12.2. The highest BCUT2D eigenvalue weighted by molar-refractivity contribution is 6.11. The largest absolute Gasteiger partial charge is 0.478 e. The van der Waals surface area contributed by atoms with E-state index in [0.717, 1.165) is 24.2 Å². The number of aryl methyl sites for hydroxylation is 1. The number of hydrogen-bond acceptors (Lipinski definition) is 3. The van der Waals surface area contributed by atoms with Gasteiger partial charge in [0.2, 0.25) is 0 Å². The summed E-state index contributed by atoms with van der Waals surface area (Å²) in [6.45, 7) is 4.43. The number of carbonyl (C=O) groups is 2. The minimum Gasteiger partial charge on any atom is -0.478 e. The minimum absolute atomic E-state index is 0.0721. The Morgan fingerprint density at radius 2 is 1.55 bits per heavy atom. The van der Waals surface area contributed by atoms with Gasteiger partial charge in [-0.3, -0.25) is 5.32 Å². The molecular weight excluding hydrogens is 389 g/mol. The Hall–Kier alpha value is -1.98. The van der Waals surface area contributed by atoms with Gasteiger partial charge in [-0.1, -0.05) is 101 Å². The number of hydrogen-bond donors (Lipinski definition) is 2. The van der Waals surface area contributed by atoms with Crippen molar-refractivity contribution in [2.45, 2.75) is 103 Å². The van der Waals surface area contributed by atoms with Gasteiger partial charge in [0.15, 0.2) is 0 Å². The molecule has 0 saturated heterocycles. The van der Waals surface area contributed by atoms with Gasteiger partial charge in [-0.2, -0.15) is 0 Å². The molecule has 0 fully saturated rings. The maximum absolute atomic E-state index is 11.9. The number of amides is 1. The summed E-state index contributed by atoms with van der Waals surface area (Å²) in [5, 5.41) is 11.8. The van der Waals surface area contributed by atoms with E-state index in [-0.39, 0.29) is 11.3 Å². The van der Waals surface area contributed by atoms with Crippen molar-refractivity contribution in [1.82, 2.24) is 0 Å². The molecule has 0 radical (unpaired) electrons. The first-order valence-corrected chi connectivity index (χ1v) is 12.2. The van der Waals surface area contributed by atoms with Crippen molar-refractivity contribution in [2.24, 2.45) is 0 Å². The van der Waals surface area contributed by atoms with Gasteiger partial charge in [-0.05, 0) is 25.5 Å². The standard InChI is InChI=1S/C25H42BNO4/c1-3-4-5-11-14-21(26)15-12-9-7-6-8-10-13-18-31-25(30)27-23-17-16-20(2)19-22(23)24(28)29/h16-17,19,21H,3-15,18,26H2,1-2H3,(H,27,30)(H,28,29)/t21-/m1/s1. The molecule has 0 unspecified atom stereocenters. The van der Waals surface area contributed by atoms with E-state index in [1.807, 2.05) is 6.92 Å². The molecule has 1 rings (SSSR count). The molecule has 0 heterocycles. The van der Waals surface area contributed by atoms with E-state index < -0.39 is 12.1 Å². The molecule has 31 heavy (non-hydrogen) atoms. The summed E-state index contributed by atoms with van der Waals surface area (Å²) in [5.41, 5.74) is 1.16. The monoisotopic (exact) mass is 431 g/mol. The van der Waals surface area contributed by atoms with E-state index in [9.17, 15) is 14.7 Å². The maximum atomic E-state index is 11.9. The minimum atomic E-state index is -1.07. The van der Waals surface area contributed by atoms with Crippen molar-refractivity contribution in [3.63, 3.8) is 0 Å². The Balaban J connectivity index is 2.01. The number of carboxylic acid groups (broad SMARTS) is 1. The molecule has 174 valence electrons. The number of unbranched alkanes of at least 4 members (excludes halogenated alkanes) is 9. The van der Waals surface area contributed by atoms with E-state index >= 15 is 0 Å². The molecule has 1 amide bonds. The fraction of sp³-hybridized carbons (Fsp3) is 0.680. The molecule has 6 heteroatoms. The number of carboxylic acids is 1. The van der Waals surface area contributed by atoms with Crippen LogP contribution in [-0.4, -0.2) is 31.6 Å². The second-order valence-electron chi connectivity index (χ2n) is 8.83. The SMILES string of the molecule is B[C@H](CCCCCC)CCCCCCCCCOC(=O)Nc1ccc(C)cc1C(=O)O. The first kappa shape index (κ1) is 27.1. The van der Waals surface area contributed by atoms with Crippen LogP contribution in [-0.2, 0) is 4.74 Å². The highest BCUT2D eigenvalue weighted by atomic mass is 16.5. The Labute approximate surface area is 189 Å². The molecule has 0 aromatic heterocycles. The number of anilines is 1. The van der Waals surface area contributed by atoms with Crippen LogP contribution in [0.2, 0.25) is 5.82 Å². The lowest BCUT2D eigenvalue weighted by Crippen LogP contribution is -2.16. The quantitative estimate of drug-likeness (QED) is 0.211. The van der Waals surface area contributed by atoms with Crippen LogP contribution in [0.25, 0.3) is 0 Å². The third kappa shape index (κ3) is 13.1. The summed E-state index contributed by atoms with van der Waals surface area (Å²) < 4.78 is 5.19. The Kier molecular flexibility index (Phi) is 14.6. The highest BCUT2D eigenvalue weighted by Crippen LogP contribution is 2.21. The van der Waals surface area contributed by atoms with Crippen molar-refractivity contribution < 1.29 is 19.4 Å². The lowest BCUT2D eigenvalue weighted by molar-refractivity contribution is 0.0698. The molecule has 0 bridgehead atoms. The summed E-state index contributed by atoms with van der Waals surface area (Å²) in [4.78, 5) is 23.2. The van der Waals surface area contributed by atoms with Crippen LogP contribution >= 0.6 is 0 Å². The highest BCUT2D eigenvalue weighted by Gasteiger charge is 2.13. The zero-order valence-electron chi connectivity index (χ0n) is 19.9. The summed E-state index contributed by atoms with van der Waals surface area (Å²) in [5.74, 6) is -0.202. The molecule has 2 N–H and O–H groups in total. The van der Waals surface area contributed by atoms with Crippen LogP contribution in [0.1, 0.15) is 106 Å². The normalized spacial score (nSPS) is 11.8. The number of ether oxygens (including phenoxy) is 1. The molecule has 0 aliphatic heterocycles. The maximum Gasteiger partial charge on any atom is 0.411 e. The molecule has 1 aromatic carbocycles. The van der Waals surface area contributed by atoms with Gasteiger partial charge in [0, 0.05) is 0 Å². The smallest absolute Gasteiger partial charge is 0.411 e. The molecule has 0 aliphatic rings. The summed E-state index contributed by atoms with van der Waals surface area (Å²) in [7, 11) is 2.39. The summed E-state index contributed by atoms with van der Waals surface area (Å²) in [6, 6.07) is 4.88. The van der Waals surface area contributed by atoms with E-state index in [2.05, 4.69) is 20.1 Å². The van der Waals surface area contributed by atoms with Crippen molar-refractivity contribution >= 4 is 25.6 Å². The molecule has 1 atom stereocenters. The average Bonchev–Trinajstić information content (AvgIpc) is 2.73. The molecule has 0 saturated carbocycles. The second-order valence-corrected chi connectivity index (χ2v) is 8.83. The predicted octanol–water partition coefficient (Wildman–Crippen LogP) is 6.75. The van der Waals surface area contributed by atoms with Crippen LogP contribution in [0.5, 0.6) is 0 Å². The van der Waals surface area contributed by atoms with E-state index in [1.54, 1.807) is 12.1 Å². The van der Waals surface area contributed by atoms with Crippen molar-refractivity contribution in [3.05, 3.63) is 29.3 Å². The van der Waals surface area contributed by atoms with Crippen LogP contribution in [0, 0.1) is 6.92 Å². The van der Waals surface area contributed by atoms with Crippen LogP contribution < -0.4 is 5.32 Å². The second kappa shape index (κ2) is 16.7. The molecule has 0 aliphatic carbocycles. The lowest BCUT2D eigenvalue weighted by Gasteiger charge is -2.11. The molecule has 1 aromatic rings. The number of aromatic carboxylic acids is 1. The zero-order chi connectivity index (χ0) is 22.9. The van der Waals surface area contributed by atoms with Gasteiger partial charge in [-0.25, -0.2) is 9.59 Å². The summed E-state index contributed by atoms with van der Waals surface area (Å²) in [6.07, 6.45) is 15.8. The van der Waals surface area contributed by atoms with Gasteiger partial charge in [0.25, 0.3) is 0 Å². The lowest BCUT2D eigenvalue weighted by atomic mass is 9.79. The number of rotatable bonds is 17. The van der Waals surface area contributed by atoms with Crippen molar-refractivity contribution in [1.29, 1.82) is 0 Å². The van der Waals surface area contributed by atoms with E-state index in [0.29, 0.717) is 6.61 Å². The van der Waals surface area contributed by atoms with Crippen molar-refractivity contribution in [2.75, 3.05) is 11.9 Å². The molecule has 0 spiro atoms. The third-order valence-electron chi connectivity index (χ3n) is 5.77. The van der Waals surface area contributed by atoms with Crippen LogP contribution in [0.15, 0.2) is 18.2 Å². The number of nitrogens with one attached hydrogen (secondary N) is 1. The van der Waals surface area contributed by atoms with Crippen LogP contribution in [0.4, 0.5) is 10.5 Å². The fourth-order valence-electron chi connectivity index (χ4n) is 3.80. The Morgan fingerprint density at radius 1 is 0.968 bits per heavy atom. The average molecular weight is 431 g/mol. The third-order valence-corrected chi connectivity index (χ3v) is 5.77. The van der Waals surface area contributed by atoms with Gasteiger partial charge < -0.3 is 9.84 Å². The summed E-state index contributed by atoms with van der Waals surface area (Å²) >= 11 is 0. The molecule has 5 nitrogen and oxygen atoms in total. The number of benzene rings is 1. The van der Waals surface area contributed by atoms with Gasteiger partial charge in [0.05, 0.1) is 17.9 Å². The van der Waals surface area contributed by atoms with E-state index in [4.69, 9.17) is 4.74 Å². The van der Waals surface area contributed by atoms with Crippen molar-refractivity contribution in [3.8, 4) is 0 Å². The van der Waals surface area contributed by atoms with Crippen LogP contribution in [0.3, 0.4) is 0 Å². The first-order chi connectivity index (χ1) is 14.9.